The molecule has 0 saturated carbocycles. The standard InChI is InChI=1S/C8H12N2O3/c1-12-5-8-4-7(9-10-8)2-3-13-6-11/h4,6H,2-3,5H2,1H3,(H,9,10). The summed E-state index contributed by atoms with van der Waals surface area (Å²) >= 11 is 0. The van der Waals surface area contributed by atoms with Crippen LogP contribution in [0.4, 0.5) is 0 Å². The van der Waals surface area contributed by atoms with E-state index >= 15 is 0 Å². The van der Waals surface area contributed by atoms with Gasteiger partial charge in [0, 0.05) is 13.5 Å². The molecule has 72 valence electrons. The van der Waals surface area contributed by atoms with Crippen LogP contribution in [0.25, 0.3) is 0 Å². The third-order valence-electron chi connectivity index (χ3n) is 1.53. The minimum Gasteiger partial charge on any atom is -0.467 e. The van der Waals surface area contributed by atoms with Gasteiger partial charge < -0.3 is 9.47 Å². The number of ether oxygens (including phenoxy) is 2. The molecule has 0 bridgehead atoms. The maximum Gasteiger partial charge on any atom is 0.293 e. The quantitative estimate of drug-likeness (QED) is 0.509. The van der Waals surface area contributed by atoms with Gasteiger partial charge in [-0.2, -0.15) is 5.10 Å². The molecule has 0 aliphatic carbocycles. The number of aromatic amines is 1. The fraction of sp³-hybridized carbons (Fsp3) is 0.500. The van der Waals surface area contributed by atoms with Gasteiger partial charge in [0.1, 0.15) is 0 Å². The van der Waals surface area contributed by atoms with Gasteiger partial charge in [0.15, 0.2) is 0 Å². The average Bonchev–Trinajstić information content (AvgIpc) is 2.54. The summed E-state index contributed by atoms with van der Waals surface area (Å²) < 4.78 is 9.45. The molecule has 0 atom stereocenters. The normalized spacial score (nSPS) is 9.92. The second-order valence-corrected chi connectivity index (χ2v) is 2.53. The van der Waals surface area contributed by atoms with Crippen LogP contribution in [0.2, 0.25) is 0 Å². The highest BCUT2D eigenvalue weighted by atomic mass is 16.5. The van der Waals surface area contributed by atoms with Crippen molar-refractivity contribution in [3.63, 3.8) is 0 Å². The van der Waals surface area contributed by atoms with Gasteiger partial charge in [-0.1, -0.05) is 0 Å². The summed E-state index contributed by atoms with van der Waals surface area (Å²) in [5.74, 6) is 0. The molecule has 1 heterocycles. The van der Waals surface area contributed by atoms with E-state index in [4.69, 9.17) is 4.74 Å². The Morgan fingerprint density at radius 2 is 2.54 bits per heavy atom. The molecule has 0 unspecified atom stereocenters. The number of methoxy groups -OCH3 is 1. The van der Waals surface area contributed by atoms with Crippen LogP contribution in [0.15, 0.2) is 6.07 Å². The third kappa shape index (κ3) is 3.25. The smallest absolute Gasteiger partial charge is 0.293 e. The monoisotopic (exact) mass is 184 g/mol. The predicted octanol–water partition coefficient (Wildman–Crippen LogP) is 0.272. The van der Waals surface area contributed by atoms with Crippen molar-refractivity contribution in [2.24, 2.45) is 0 Å². The van der Waals surface area contributed by atoms with Crippen LogP contribution in [-0.4, -0.2) is 30.4 Å². The molecule has 0 radical (unpaired) electrons. The van der Waals surface area contributed by atoms with E-state index in [9.17, 15) is 4.79 Å². The highest BCUT2D eigenvalue weighted by Gasteiger charge is 2.00. The van der Waals surface area contributed by atoms with Crippen molar-refractivity contribution in [2.75, 3.05) is 13.7 Å². The number of carbonyl (C=O) groups excluding carboxylic acids is 1. The van der Waals surface area contributed by atoms with E-state index in [0.29, 0.717) is 26.1 Å². The van der Waals surface area contributed by atoms with Gasteiger partial charge in [0.25, 0.3) is 6.47 Å². The van der Waals surface area contributed by atoms with Crippen LogP contribution in [0.5, 0.6) is 0 Å². The van der Waals surface area contributed by atoms with Crippen molar-refractivity contribution in [3.05, 3.63) is 17.5 Å². The van der Waals surface area contributed by atoms with Crippen LogP contribution < -0.4 is 0 Å². The fourth-order valence-electron chi connectivity index (χ4n) is 0.978. The molecule has 1 aromatic heterocycles. The molecule has 0 aliphatic rings. The second kappa shape index (κ2) is 5.31. The molecule has 0 spiro atoms. The second-order valence-electron chi connectivity index (χ2n) is 2.53. The first-order valence-corrected chi connectivity index (χ1v) is 3.94. The topological polar surface area (TPSA) is 64.2 Å². The van der Waals surface area contributed by atoms with Crippen LogP contribution in [-0.2, 0) is 27.3 Å². The number of rotatable bonds is 6. The lowest BCUT2D eigenvalue weighted by Gasteiger charge is -1.93. The number of nitrogens with one attached hydrogen (secondary N) is 1. The van der Waals surface area contributed by atoms with E-state index in [1.165, 1.54) is 0 Å². The number of carbonyl (C=O) groups is 1. The first-order chi connectivity index (χ1) is 6.36. The largest absolute Gasteiger partial charge is 0.467 e. The Hall–Kier alpha value is -1.36. The lowest BCUT2D eigenvalue weighted by Crippen LogP contribution is -1.96. The van der Waals surface area contributed by atoms with Gasteiger partial charge in [0.2, 0.25) is 0 Å². The molecule has 1 aromatic rings. The first kappa shape index (κ1) is 9.73. The Balaban J connectivity index is 2.35. The van der Waals surface area contributed by atoms with Crippen molar-refractivity contribution in [2.45, 2.75) is 13.0 Å². The van der Waals surface area contributed by atoms with Crippen LogP contribution in [0.3, 0.4) is 0 Å². The molecule has 0 fully saturated rings. The zero-order valence-corrected chi connectivity index (χ0v) is 7.45. The molecular formula is C8H12N2O3. The summed E-state index contributed by atoms with van der Waals surface area (Å²) in [6.07, 6.45) is 0.624. The summed E-state index contributed by atoms with van der Waals surface area (Å²) in [6.45, 7) is 1.31. The Morgan fingerprint density at radius 3 is 3.23 bits per heavy atom. The SMILES string of the molecule is COCc1cc(CCOC=O)n[nH]1. The molecule has 13 heavy (non-hydrogen) atoms. The van der Waals surface area contributed by atoms with Gasteiger partial charge in [-0.3, -0.25) is 9.89 Å². The van der Waals surface area contributed by atoms with Gasteiger partial charge >= 0.3 is 0 Å². The molecule has 0 aliphatic heterocycles. The first-order valence-electron chi connectivity index (χ1n) is 3.94. The minimum absolute atomic E-state index is 0.362. The summed E-state index contributed by atoms with van der Waals surface area (Å²) in [6, 6.07) is 1.89. The van der Waals surface area contributed by atoms with Gasteiger partial charge in [-0.05, 0) is 6.07 Å². The van der Waals surface area contributed by atoms with Crippen molar-refractivity contribution < 1.29 is 14.3 Å². The van der Waals surface area contributed by atoms with Crippen molar-refractivity contribution in [3.8, 4) is 0 Å². The highest BCUT2D eigenvalue weighted by molar-refractivity contribution is 5.36. The number of nitrogens with zero attached hydrogens (tertiary/aromatic N) is 1. The Morgan fingerprint density at radius 1 is 1.69 bits per heavy atom. The summed E-state index contributed by atoms with van der Waals surface area (Å²) in [5.41, 5.74) is 1.79. The maximum absolute atomic E-state index is 9.83. The van der Waals surface area contributed by atoms with E-state index in [0.717, 1.165) is 11.4 Å². The van der Waals surface area contributed by atoms with Crippen molar-refractivity contribution >= 4 is 6.47 Å². The predicted molar refractivity (Wildman–Crippen MR) is 45.0 cm³/mol. The Labute approximate surface area is 76.0 Å². The van der Waals surface area contributed by atoms with E-state index in [-0.39, 0.29) is 0 Å². The molecule has 5 heteroatoms. The van der Waals surface area contributed by atoms with E-state index < -0.39 is 0 Å². The summed E-state index contributed by atoms with van der Waals surface area (Å²) in [4.78, 5) is 9.83. The third-order valence-corrected chi connectivity index (χ3v) is 1.53. The van der Waals surface area contributed by atoms with E-state index in [2.05, 4.69) is 14.9 Å². The van der Waals surface area contributed by atoms with Crippen molar-refractivity contribution in [1.29, 1.82) is 0 Å². The molecule has 5 nitrogen and oxygen atoms in total. The number of aromatic nitrogens is 2. The molecule has 1 N–H and O–H groups in total. The fourth-order valence-corrected chi connectivity index (χ4v) is 0.978. The molecule has 0 saturated heterocycles. The molecule has 0 amide bonds. The van der Waals surface area contributed by atoms with Crippen LogP contribution in [0, 0.1) is 0 Å². The summed E-state index contributed by atoms with van der Waals surface area (Å²) in [7, 11) is 1.62. The van der Waals surface area contributed by atoms with E-state index in [1.807, 2.05) is 6.07 Å². The average molecular weight is 184 g/mol. The zero-order valence-electron chi connectivity index (χ0n) is 7.45. The van der Waals surface area contributed by atoms with E-state index in [1.54, 1.807) is 7.11 Å². The zero-order chi connectivity index (χ0) is 9.52. The van der Waals surface area contributed by atoms with Crippen LogP contribution >= 0.6 is 0 Å². The Kier molecular flexibility index (Phi) is 3.98. The van der Waals surface area contributed by atoms with Gasteiger partial charge in [0.05, 0.1) is 24.6 Å². The highest BCUT2D eigenvalue weighted by Crippen LogP contribution is 2.01. The minimum atomic E-state index is 0.362. The molecule has 1 rings (SSSR count). The lowest BCUT2D eigenvalue weighted by atomic mass is 10.3. The lowest BCUT2D eigenvalue weighted by molar-refractivity contribution is -0.128. The van der Waals surface area contributed by atoms with Crippen molar-refractivity contribution in [1.82, 2.24) is 10.2 Å². The number of H-pyrrole nitrogens is 1. The van der Waals surface area contributed by atoms with Crippen LogP contribution in [0.1, 0.15) is 11.4 Å². The molecule has 0 aromatic carbocycles. The number of hydrogen-bond acceptors (Lipinski definition) is 4. The number of hydrogen-bond donors (Lipinski definition) is 1. The van der Waals surface area contributed by atoms with Gasteiger partial charge in [-0.15, -0.1) is 0 Å². The maximum atomic E-state index is 9.83. The van der Waals surface area contributed by atoms with Gasteiger partial charge in [-0.25, -0.2) is 0 Å². The Bertz CT molecular complexity index is 260. The molecular weight excluding hydrogens is 172 g/mol. The summed E-state index contributed by atoms with van der Waals surface area (Å²) in [5, 5.41) is 6.82.